The van der Waals surface area contributed by atoms with Crippen molar-refractivity contribution < 1.29 is 18.3 Å². The van der Waals surface area contributed by atoms with Gasteiger partial charge in [-0.25, -0.2) is 13.6 Å². The molecule has 1 saturated heterocycles. The fraction of sp³-hybridized carbons (Fsp3) is 0.333. The minimum Gasteiger partial charge on any atom is -0.493 e. The summed E-state index contributed by atoms with van der Waals surface area (Å²) in [4.78, 5) is 32.0. The topological polar surface area (TPSA) is 95.0 Å². The van der Waals surface area contributed by atoms with Crippen molar-refractivity contribution in [3.8, 4) is 11.5 Å². The summed E-state index contributed by atoms with van der Waals surface area (Å²) in [7, 11) is 3.19. The number of piperazine rings is 1. The maximum absolute atomic E-state index is 14.7. The van der Waals surface area contributed by atoms with E-state index < -0.39 is 28.9 Å². The van der Waals surface area contributed by atoms with Crippen LogP contribution in [0.25, 0.3) is 0 Å². The van der Waals surface area contributed by atoms with Crippen molar-refractivity contribution in [2.45, 2.75) is 32.6 Å². The molecule has 1 unspecified atom stereocenters. The number of hydrogen-bond donors (Lipinski definition) is 1. The highest BCUT2D eigenvalue weighted by Crippen LogP contribution is 2.28. The highest BCUT2D eigenvalue weighted by atomic mass is 19.1. The first-order valence-corrected chi connectivity index (χ1v) is 14.5. The number of halogens is 2. The molecule has 5 rings (SSSR count). The van der Waals surface area contributed by atoms with Gasteiger partial charge in [-0.3, -0.25) is 18.8 Å². The number of hydrogen-bond acceptors (Lipinski definition) is 7. The van der Waals surface area contributed by atoms with Gasteiger partial charge in [-0.05, 0) is 42.3 Å². The molecule has 1 atom stereocenters. The minimum absolute atomic E-state index is 0.0893. The molecule has 9 nitrogen and oxygen atoms in total. The third kappa shape index (κ3) is 6.39. The van der Waals surface area contributed by atoms with Crippen molar-refractivity contribution in [2.75, 3.05) is 45.3 Å². The smallest absolute Gasteiger partial charge is 0.331 e. The van der Waals surface area contributed by atoms with E-state index in [1.807, 2.05) is 53.4 Å². The summed E-state index contributed by atoms with van der Waals surface area (Å²) in [6.45, 7) is 4.20. The normalized spacial score (nSPS) is 14.5. The van der Waals surface area contributed by atoms with Crippen LogP contribution in [-0.2, 0) is 19.6 Å². The van der Waals surface area contributed by atoms with Crippen LogP contribution < -0.4 is 31.4 Å². The molecular formula is C33H37F2N5O4. The molecule has 0 bridgehead atoms. The molecule has 3 aromatic carbocycles. The molecule has 232 valence electrons. The van der Waals surface area contributed by atoms with Crippen LogP contribution in [0.3, 0.4) is 0 Å². The van der Waals surface area contributed by atoms with Gasteiger partial charge in [0.05, 0.1) is 27.3 Å². The molecule has 2 heterocycles. The van der Waals surface area contributed by atoms with E-state index in [2.05, 4.69) is 4.90 Å². The number of nitrogens with two attached hydrogens (primary N) is 1. The number of rotatable bonds is 10. The number of aromatic nitrogens is 2. The third-order valence-corrected chi connectivity index (χ3v) is 8.18. The molecule has 11 heteroatoms. The molecule has 2 N–H and O–H groups in total. The van der Waals surface area contributed by atoms with Gasteiger partial charge in [0.1, 0.15) is 17.3 Å². The van der Waals surface area contributed by atoms with Gasteiger partial charge in [0, 0.05) is 50.0 Å². The van der Waals surface area contributed by atoms with E-state index in [4.69, 9.17) is 15.2 Å². The van der Waals surface area contributed by atoms with Crippen molar-refractivity contribution in [1.29, 1.82) is 0 Å². The zero-order chi connectivity index (χ0) is 31.4. The fourth-order valence-corrected chi connectivity index (χ4v) is 5.71. The van der Waals surface area contributed by atoms with E-state index >= 15 is 0 Å². The molecule has 4 aromatic rings. The van der Waals surface area contributed by atoms with Gasteiger partial charge >= 0.3 is 5.69 Å². The Bertz CT molecular complexity index is 1710. The van der Waals surface area contributed by atoms with Gasteiger partial charge in [0.25, 0.3) is 5.56 Å². The second-order valence-electron chi connectivity index (χ2n) is 10.9. The summed E-state index contributed by atoms with van der Waals surface area (Å²) in [5.74, 6) is -0.215. The van der Waals surface area contributed by atoms with Crippen molar-refractivity contribution in [3.63, 3.8) is 0 Å². The molecule has 0 aliphatic carbocycles. The highest BCUT2D eigenvalue weighted by molar-refractivity contribution is 5.50. The Labute approximate surface area is 254 Å². The summed E-state index contributed by atoms with van der Waals surface area (Å²) < 4.78 is 42.6. The van der Waals surface area contributed by atoms with Gasteiger partial charge in [-0.1, -0.05) is 42.5 Å². The van der Waals surface area contributed by atoms with Gasteiger partial charge in [-0.2, -0.15) is 0 Å². The number of anilines is 1. The lowest BCUT2D eigenvalue weighted by molar-refractivity contribution is 0.248. The summed E-state index contributed by atoms with van der Waals surface area (Å²) in [5, 5.41) is 0. The molecule has 0 radical (unpaired) electrons. The molecule has 0 amide bonds. The molecular weight excluding hydrogens is 568 g/mol. The lowest BCUT2D eigenvalue weighted by Gasteiger charge is -2.37. The van der Waals surface area contributed by atoms with E-state index in [1.54, 1.807) is 21.1 Å². The lowest BCUT2D eigenvalue weighted by atomic mass is 10.1. The van der Waals surface area contributed by atoms with Crippen LogP contribution >= 0.6 is 0 Å². The Kier molecular flexibility index (Phi) is 9.46. The van der Waals surface area contributed by atoms with E-state index in [1.165, 1.54) is 10.6 Å². The molecule has 1 aliphatic rings. The van der Waals surface area contributed by atoms with Crippen molar-refractivity contribution >= 4 is 5.69 Å². The Morgan fingerprint density at radius 1 is 0.818 bits per heavy atom. The van der Waals surface area contributed by atoms with Gasteiger partial charge < -0.3 is 20.1 Å². The Balaban J connectivity index is 1.46. The zero-order valence-corrected chi connectivity index (χ0v) is 25.1. The second kappa shape index (κ2) is 13.4. The van der Waals surface area contributed by atoms with E-state index in [-0.39, 0.29) is 18.7 Å². The van der Waals surface area contributed by atoms with Crippen LogP contribution in [-0.4, -0.2) is 54.4 Å². The summed E-state index contributed by atoms with van der Waals surface area (Å²) in [6, 6.07) is 17.9. The average Bonchev–Trinajstić information content (AvgIpc) is 3.03. The van der Waals surface area contributed by atoms with Crippen molar-refractivity contribution in [3.05, 3.63) is 122 Å². The second-order valence-corrected chi connectivity index (χ2v) is 10.9. The van der Waals surface area contributed by atoms with E-state index in [9.17, 15) is 18.4 Å². The van der Waals surface area contributed by atoms with Crippen molar-refractivity contribution in [2.24, 2.45) is 5.73 Å². The van der Waals surface area contributed by atoms with Crippen LogP contribution in [0.4, 0.5) is 14.5 Å². The van der Waals surface area contributed by atoms with Crippen LogP contribution in [0.5, 0.6) is 11.5 Å². The van der Waals surface area contributed by atoms with Gasteiger partial charge in [0.15, 0.2) is 11.5 Å². The third-order valence-electron chi connectivity index (χ3n) is 8.18. The monoisotopic (exact) mass is 605 g/mol. The largest absolute Gasteiger partial charge is 0.493 e. The molecule has 1 aromatic heterocycles. The number of ether oxygens (including phenoxy) is 2. The summed E-state index contributed by atoms with van der Waals surface area (Å²) >= 11 is 0. The first-order valence-electron chi connectivity index (χ1n) is 14.5. The fourth-order valence-electron chi connectivity index (χ4n) is 5.71. The minimum atomic E-state index is -0.764. The first-order chi connectivity index (χ1) is 21.2. The maximum atomic E-state index is 14.7. The lowest BCUT2D eigenvalue weighted by Crippen LogP contribution is -2.51. The van der Waals surface area contributed by atoms with E-state index in [0.29, 0.717) is 55.6 Å². The van der Waals surface area contributed by atoms with Crippen LogP contribution in [0.2, 0.25) is 0 Å². The van der Waals surface area contributed by atoms with Crippen LogP contribution in [0.15, 0.2) is 76.3 Å². The summed E-state index contributed by atoms with van der Waals surface area (Å²) in [6.07, 6.45) is 0. The molecule has 0 spiro atoms. The standard InChI is InChI=1S/C33H37F2N5O4/c1-22-31(38-16-14-37(15-17-38)19-23-12-13-29(43-2)30(18-23)44-3)32(41)40(21-28(36)24-8-5-4-6-9-24)33(42)39(22)20-25-26(34)10-7-11-27(25)35/h4-13,18,28H,14-17,19-21,36H2,1-3H3. The molecule has 0 saturated carbocycles. The average molecular weight is 606 g/mol. The summed E-state index contributed by atoms with van der Waals surface area (Å²) in [5.41, 5.74) is 7.55. The maximum Gasteiger partial charge on any atom is 0.331 e. The zero-order valence-electron chi connectivity index (χ0n) is 25.1. The number of methoxy groups -OCH3 is 2. The van der Waals surface area contributed by atoms with Crippen LogP contribution in [0, 0.1) is 18.6 Å². The quantitative estimate of drug-likeness (QED) is 0.295. The predicted molar refractivity (Wildman–Crippen MR) is 166 cm³/mol. The van der Waals surface area contributed by atoms with Crippen LogP contribution in [0.1, 0.15) is 28.4 Å². The Hall–Kier alpha value is -4.48. The highest BCUT2D eigenvalue weighted by Gasteiger charge is 2.27. The number of benzene rings is 3. The van der Waals surface area contributed by atoms with Gasteiger partial charge in [-0.15, -0.1) is 0 Å². The van der Waals surface area contributed by atoms with Gasteiger partial charge in [0.2, 0.25) is 0 Å². The Morgan fingerprint density at radius 3 is 2.11 bits per heavy atom. The molecule has 1 fully saturated rings. The SMILES string of the molecule is COc1ccc(CN2CCN(c3c(C)n(Cc4c(F)cccc4F)c(=O)n(CC(N)c4ccccc4)c3=O)CC2)cc1OC. The van der Waals surface area contributed by atoms with E-state index in [0.717, 1.165) is 27.8 Å². The number of nitrogens with zero attached hydrogens (tertiary/aromatic N) is 4. The Morgan fingerprint density at radius 2 is 1.48 bits per heavy atom. The molecule has 44 heavy (non-hydrogen) atoms. The molecule has 1 aliphatic heterocycles. The predicted octanol–water partition coefficient (Wildman–Crippen LogP) is 3.68. The first kappa shape index (κ1) is 31.0. The van der Waals surface area contributed by atoms with Crippen molar-refractivity contribution in [1.82, 2.24) is 14.0 Å².